The van der Waals surface area contributed by atoms with Crippen LogP contribution in [0.1, 0.15) is 43.0 Å². The number of aromatic nitrogens is 2. The van der Waals surface area contributed by atoms with Crippen LogP contribution in [-0.2, 0) is 0 Å². The molecule has 1 fully saturated rings. The highest BCUT2D eigenvalue weighted by Gasteiger charge is 2.35. The van der Waals surface area contributed by atoms with Crippen molar-refractivity contribution in [2.75, 3.05) is 6.54 Å². The van der Waals surface area contributed by atoms with Crippen molar-refractivity contribution in [2.45, 2.75) is 38.1 Å². The van der Waals surface area contributed by atoms with Gasteiger partial charge < -0.3 is 11.1 Å². The van der Waals surface area contributed by atoms with Gasteiger partial charge in [0.15, 0.2) is 0 Å². The number of nitrogens with one attached hydrogen (secondary N) is 1. The molecule has 2 heterocycles. The molecule has 1 aliphatic rings. The standard InChI is InChI=1S/C16H22N4O/c1-12-5-4-7-16(9-12,11-17)19-15(21)13-10-18-20-8-3-2-6-14(13)20/h2-3,6,8,10,12H,4-5,7,9,11,17H2,1H3,(H,19,21). The Balaban J connectivity index is 1.85. The van der Waals surface area contributed by atoms with E-state index in [0.717, 1.165) is 24.8 Å². The van der Waals surface area contributed by atoms with Crippen molar-refractivity contribution in [1.29, 1.82) is 0 Å². The van der Waals surface area contributed by atoms with E-state index in [1.54, 1.807) is 10.7 Å². The minimum absolute atomic E-state index is 0.0734. The lowest BCUT2D eigenvalue weighted by molar-refractivity contribution is 0.0855. The van der Waals surface area contributed by atoms with E-state index in [1.807, 2.05) is 24.4 Å². The second kappa shape index (κ2) is 5.48. The predicted octanol–water partition coefficient (Wildman–Crippen LogP) is 1.97. The van der Waals surface area contributed by atoms with Gasteiger partial charge in [-0.1, -0.05) is 25.8 Å². The SMILES string of the molecule is CC1CCCC(CN)(NC(=O)c2cnn3ccccc23)C1. The van der Waals surface area contributed by atoms with Crippen LogP contribution in [-0.4, -0.2) is 27.6 Å². The minimum Gasteiger partial charge on any atom is -0.345 e. The summed E-state index contributed by atoms with van der Waals surface area (Å²) < 4.78 is 1.72. The molecule has 5 heteroatoms. The summed E-state index contributed by atoms with van der Waals surface area (Å²) in [6.07, 6.45) is 7.71. The average Bonchev–Trinajstić information content (AvgIpc) is 2.91. The smallest absolute Gasteiger partial charge is 0.255 e. The molecule has 2 unspecified atom stereocenters. The number of pyridine rings is 1. The molecule has 0 spiro atoms. The molecule has 2 aromatic heterocycles. The highest BCUT2D eigenvalue weighted by molar-refractivity contribution is 6.01. The lowest BCUT2D eigenvalue weighted by Gasteiger charge is -2.39. The van der Waals surface area contributed by atoms with E-state index in [4.69, 9.17) is 5.73 Å². The third kappa shape index (κ3) is 2.65. The fourth-order valence-electron chi connectivity index (χ4n) is 3.43. The van der Waals surface area contributed by atoms with Crippen LogP contribution in [0.5, 0.6) is 0 Å². The van der Waals surface area contributed by atoms with Crippen LogP contribution in [0.2, 0.25) is 0 Å². The largest absolute Gasteiger partial charge is 0.345 e. The summed E-state index contributed by atoms with van der Waals surface area (Å²) >= 11 is 0. The van der Waals surface area contributed by atoms with Crippen LogP contribution in [0.25, 0.3) is 5.52 Å². The van der Waals surface area contributed by atoms with Crippen LogP contribution in [0, 0.1) is 5.92 Å². The number of fused-ring (bicyclic) bond motifs is 1. The summed E-state index contributed by atoms with van der Waals surface area (Å²) in [6.45, 7) is 2.72. The Labute approximate surface area is 124 Å². The van der Waals surface area contributed by atoms with Crippen molar-refractivity contribution < 1.29 is 4.79 Å². The molecule has 5 nitrogen and oxygen atoms in total. The Hall–Kier alpha value is -1.88. The Morgan fingerprint density at radius 2 is 2.43 bits per heavy atom. The van der Waals surface area contributed by atoms with Crippen molar-refractivity contribution in [3.05, 3.63) is 36.2 Å². The second-order valence-electron chi connectivity index (χ2n) is 6.23. The Kier molecular flexibility index (Phi) is 3.68. The van der Waals surface area contributed by atoms with E-state index in [1.165, 1.54) is 6.42 Å². The first kappa shape index (κ1) is 14.1. The van der Waals surface area contributed by atoms with Gasteiger partial charge in [-0.3, -0.25) is 4.79 Å². The number of carbonyl (C=O) groups is 1. The molecular weight excluding hydrogens is 264 g/mol. The minimum atomic E-state index is -0.266. The fourth-order valence-corrected chi connectivity index (χ4v) is 3.43. The summed E-state index contributed by atoms with van der Waals surface area (Å²) in [4.78, 5) is 12.6. The van der Waals surface area contributed by atoms with Crippen molar-refractivity contribution in [3.63, 3.8) is 0 Å². The first-order chi connectivity index (χ1) is 10.1. The molecule has 21 heavy (non-hydrogen) atoms. The number of amides is 1. The molecule has 3 rings (SSSR count). The Morgan fingerprint density at radius 3 is 3.19 bits per heavy atom. The van der Waals surface area contributed by atoms with Crippen molar-refractivity contribution in [1.82, 2.24) is 14.9 Å². The van der Waals surface area contributed by atoms with Crippen molar-refractivity contribution in [3.8, 4) is 0 Å². The molecule has 0 radical (unpaired) electrons. The zero-order valence-electron chi connectivity index (χ0n) is 12.4. The predicted molar refractivity (Wildman–Crippen MR) is 82.1 cm³/mol. The van der Waals surface area contributed by atoms with Gasteiger partial charge in [0.25, 0.3) is 5.91 Å². The first-order valence-electron chi connectivity index (χ1n) is 7.58. The van der Waals surface area contributed by atoms with Gasteiger partial charge in [-0.25, -0.2) is 4.52 Å². The van der Waals surface area contributed by atoms with Crippen LogP contribution < -0.4 is 11.1 Å². The van der Waals surface area contributed by atoms with Gasteiger partial charge in [-0.2, -0.15) is 5.10 Å². The molecule has 0 saturated heterocycles. The maximum Gasteiger partial charge on any atom is 0.255 e. The summed E-state index contributed by atoms with van der Waals surface area (Å²) in [5.41, 5.74) is 7.15. The molecule has 1 saturated carbocycles. The second-order valence-corrected chi connectivity index (χ2v) is 6.23. The summed E-state index contributed by atoms with van der Waals surface area (Å²) in [5.74, 6) is 0.530. The van der Waals surface area contributed by atoms with E-state index < -0.39 is 0 Å². The van der Waals surface area contributed by atoms with Gasteiger partial charge in [-0.15, -0.1) is 0 Å². The third-order valence-corrected chi connectivity index (χ3v) is 4.53. The zero-order valence-corrected chi connectivity index (χ0v) is 12.4. The molecular formula is C16H22N4O. The van der Waals surface area contributed by atoms with Gasteiger partial charge in [0, 0.05) is 12.7 Å². The zero-order chi connectivity index (χ0) is 14.9. The molecule has 3 N–H and O–H groups in total. The number of rotatable bonds is 3. The monoisotopic (exact) mass is 286 g/mol. The molecule has 0 aliphatic heterocycles. The maximum atomic E-state index is 12.6. The molecule has 2 aromatic rings. The average molecular weight is 286 g/mol. The van der Waals surface area contributed by atoms with Crippen LogP contribution in [0.4, 0.5) is 0 Å². The number of carbonyl (C=O) groups excluding carboxylic acids is 1. The number of nitrogens with zero attached hydrogens (tertiary/aromatic N) is 2. The maximum absolute atomic E-state index is 12.6. The molecule has 1 amide bonds. The quantitative estimate of drug-likeness (QED) is 0.906. The summed E-state index contributed by atoms with van der Waals surface area (Å²) in [6, 6.07) is 5.71. The van der Waals surface area contributed by atoms with Gasteiger partial charge >= 0.3 is 0 Å². The van der Waals surface area contributed by atoms with Gasteiger partial charge in [0.05, 0.1) is 22.8 Å². The van der Waals surface area contributed by atoms with Crippen LogP contribution in [0.3, 0.4) is 0 Å². The van der Waals surface area contributed by atoms with Crippen molar-refractivity contribution in [2.24, 2.45) is 11.7 Å². The summed E-state index contributed by atoms with van der Waals surface area (Å²) in [5, 5.41) is 7.41. The normalized spacial score (nSPS) is 25.9. The van der Waals surface area contributed by atoms with E-state index in [0.29, 0.717) is 18.0 Å². The number of nitrogens with two attached hydrogens (primary N) is 1. The number of hydrogen-bond donors (Lipinski definition) is 2. The highest BCUT2D eigenvalue weighted by Crippen LogP contribution is 2.32. The molecule has 112 valence electrons. The third-order valence-electron chi connectivity index (χ3n) is 4.53. The van der Waals surface area contributed by atoms with Crippen LogP contribution in [0.15, 0.2) is 30.6 Å². The van der Waals surface area contributed by atoms with Gasteiger partial charge in [-0.05, 0) is 30.9 Å². The molecule has 2 atom stereocenters. The molecule has 1 aliphatic carbocycles. The molecule has 0 bridgehead atoms. The van der Waals surface area contributed by atoms with Crippen LogP contribution >= 0.6 is 0 Å². The van der Waals surface area contributed by atoms with Crippen molar-refractivity contribution >= 4 is 11.4 Å². The lowest BCUT2D eigenvalue weighted by Crippen LogP contribution is -2.56. The fraction of sp³-hybridized carbons (Fsp3) is 0.500. The Bertz CT molecular complexity index is 651. The topological polar surface area (TPSA) is 72.4 Å². The molecule has 0 aromatic carbocycles. The first-order valence-corrected chi connectivity index (χ1v) is 7.58. The van der Waals surface area contributed by atoms with E-state index in [2.05, 4.69) is 17.3 Å². The highest BCUT2D eigenvalue weighted by atomic mass is 16.1. The number of hydrogen-bond acceptors (Lipinski definition) is 3. The van der Waals surface area contributed by atoms with E-state index in [9.17, 15) is 4.79 Å². The summed E-state index contributed by atoms with van der Waals surface area (Å²) in [7, 11) is 0. The lowest BCUT2D eigenvalue weighted by atomic mass is 9.76. The Morgan fingerprint density at radius 1 is 1.57 bits per heavy atom. The van der Waals surface area contributed by atoms with Gasteiger partial charge in [0.1, 0.15) is 0 Å². The van der Waals surface area contributed by atoms with E-state index in [-0.39, 0.29) is 11.4 Å². The van der Waals surface area contributed by atoms with E-state index >= 15 is 0 Å². The van der Waals surface area contributed by atoms with Gasteiger partial charge in [0.2, 0.25) is 0 Å².